The molecule has 0 radical (unpaired) electrons. The molecule has 4 aromatic heterocycles. The highest BCUT2D eigenvalue weighted by molar-refractivity contribution is 7.07. The Bertz CT molecular complexity index is 1320. The van der Waals surface area contributed by atoms with Gasteiger partial charge in [-0.05, 0) is 29.8 Å². The monoisotopic (exact) mass is 416 g/mol. The minimum Gasteiger partial charge on any atom is -0.384 e. The van der Waals surface area contributed by atoms with Gasteiger partial charge in [-0.15, -0.1) is 11.3 Å². The van der Waals surface area contributed by atoms with E-state index in [4.69, 9.17) is 5.73 Å². The van der Waals surface area contributed by atoms with Crippen molar-refractivity contribution in [2.45, 2.75) is 6.54 Å². The van der Waals surface area contributed by atoms with Crippen molar-refractivity contribution in [3.05, 3.63) is 71.2 Å². The summed E-state index contributed by atoms with van der Waals surface area (Å²) in [6.45, 7) is 0.549. The highest BCUT2D eigenvalue weighted by Gasteiger charge is 2.16. The second-order valence-corrected chi connectivity index (χ2v) is 7.38. The molecule has 148 valence electrons. The van der Waals surface area contributed by atoms with E-state index in [0.29, 0.717) is 23.7 Å². The molecule has 0 aliphatic rings. The molecule has 0 atom stereocenters. The van der Waals surface area contributed by atoms with E-state index in [-0.39, 0.29) is 5.91 Å². The second kappa shape index (κ2) is 7.41. The van der Waals surface area contributed by atoms with Crippen LogP contribution in [0.3, 0.4) is 0 Å². The van der Waals surface area contributed by atoms with Crippen LogP contribution < -0.4 is 11.1 Å². The number of pyridine rings is 1. The summed E-state index contributed by atoms with van der Waals surface area (Å²) in [5, 5.41) is 16.9. The number of nitrogens with two attached hydrogens (primary N) is 1. The molecule has 0 saturated carbocycles. The minimum atomic E-state index is -0.309. The van der Waals surface area contributed by atoms with Crippen molar-refractivity contribution in [3.8, 4) is 11.1 Å². The Balaban J connectivity index is 1.35. The highest BCUT2D eigenvalue weighted by atomic mass is 32.1. The van der Waals surface area contributed by atoms with E-state index in [1.807, 2.05) is 29.6 Å². The molecule has 5 rings (SSSR count). The quantitative estimate of drug-likeness (QED) is 0.404. The van der Waals surface area contributed by atoms with E-state index in [1.54, 1.807) is 34.8 Å². The van der Waals surface area contributed by atoms with E-state index in [0.717, 1.165) is 27.7 Å². The zero-order valence-corrected chi connectivity index (χ0v) is 16.4. The number of H-pyrrole nitrogens is 1. The number of benzene rings is 1. The summed E-state index contributed by atoms with van der Waals surface area (Å²) in [6.07, 6.45) is 5.08. The van der Waals surface area contributed by atoms with Gasteiger partial charge in [-0.2, -0.15) is 10.2 Å². The average Bonchev–Trinajstić information content (AvgIpc) is 3.50. The van der Waals surface area contributed by atoms with Crippen LogP contribution in [0, 0.1) is 0 Å². The number of hydrogen-bond donors (Lipinski definition) is 3. The molecule has 10 heteroatoms. The Morgan fingerprint density at radius 3 is 2.87 bits per heavy atom. The molecular weight excluding hydrogens is 400 g/mol. The Hall–Kier alpha value is -4.05. The van der Waals surface area contributed by atoms with Gasteiger partial charge in [0.05, 0.1) is 35.2 Å². The van der Waals surface area contributed by atoms with Crippen molar-refractivity contribution < 1.29 is 4.79 Å². The summed E-state index contributed by atoms with van der Waals surface area (Å²) in [6, 6.07) is 9.37. The summed E-state index contributed by atoms with van der Waals surface area (Å²) >= 11 is 1.53. The summed E-state index contributed by atoms with van der Waals surface area (Å²) in [5.74, 6) is 0.159. The number of nitrogens with zero attached hydrogens (tertiary/aromatic N) is 5. The number of hydrogen-bond acceptors (Lipinski definition) is 7. The molecule has 4 N–H and O–H groups in total. The molecule has 0 aliphatic carbocycles. The Morgan fingerprint density at radius 2 is 2.07 bits per heavy atom. The molecular formula is C20H16N8OS. The van der Waals surface area contributed by atoms with Crippen LogP contribution >= 0.6 is 11.3 Å². The number of rotatable bonds is 5. The molecule has 0 aliphatic heterocycles. The van der Waals surface area contributed by atoms with Gasteiger partial charge in [0.15, 0.2) is 5.69 Å². The van der Waals surface area contributed by atoms with Crippen LogP contribution in [0.25, 0.3) is 22.0 Å². The third-order valence-corrected chi connectivity index (χ3v) is 5.23. The summed E-state index contributed by atoms with van der Waals surface area (Å²) in [4.78, 5) is 21.1. The first-order chi connectivity index (χ1) is 14.7. The number of aromatic amines is 1. The zero-order chi connectivity index (χ0) is 20.5. The van der Waals surface area contributed by atoms with Gasteiger partial charge in [0.25, 0.3) is 5.91 Å². The lowest BCUT2D eigenvalue weighted by molar-refractivity contribution is 0.102. The van der Waals surface area contributed by atoms with Crippen LogP contribution in [-0.4, -0.2) is 35.9 Å². The molecule has 0 saturated heterocycles. The lowest BCUT2D eigenvalue weighted by atomic mass is 10.1. The molecule has 30 heavy (non-hydrogen) atoms. The molecule has 1 amide bonds. The first-order valence-corrected chi connectivity index (χ1v) is 10.0. The standard InChI is InChI=1S/C20H16N8OS/c21-18-4-2-13(6-22-18)12-1-3-16-17(5-12)26-27-19(16)20(29)25-14-7-24-28(8-14)9-15-10-30-11-23-15/h1-8,10-11H,9H2,(H2,21,22)(H,25,29)(H,26,27). The molecule has 1 aromatic carbocycles. The number of anilines is 2. The van der Waals surface area contributed by atoms with Crippen LogP contribution in [0.15, 0.2) is 59.8 Å². The van der Waals surface area contributed by atoms with Crippen LogP contribution in [-0.2, 0) is 6.54 Å². The molecule has 0 bridgehead atoms. The van der Waals surface area contributed by atoms with Crippen molar-refractivity contribution >= 4 is 39.7 Å². The number of nitrogen functional groups attached to an aromatic ring is 1. The maximum Gasteiger partial charge on any atom is 0.276 e. The molecule has 5 aromatic rings. The van der Waals surface area contributed by atoms with Crippen molar-refractivity contribution in [1.29, 1.82) is 0 Å². The van der Waals surface area contributed by atoms with Gasteiger partial charge in [0.2, 0.25) is 0 Å². The molecule has 0 unspecified atom stereocenters. The van der Waals surface area contributed by atoms with Gasteiger partial charge < -0.3 is 11.1 Å². The van der Waals surface area contributed by atoms with E-state index < -0.39 is 0 Å². The van der Waals surface area contributed by atoms with E-state index in [9.17, 15) is 4.79 Å². The SMILES string of the molecule is Nc1ccc(-c2ccc3c(C(=O)Nc4cnn(Cc5cscn5)c4)n[nH]c3c2)cn1. The summed E-state index contributed by atoms with van der Waals surface area (Å²) < 4.78 is 1.72. The largest absolute Gasteiger partial charge is 0.384 e. The molecule has 4 heterocycles. The number of fused-ring (bicyclic) bond motifs is 1. The predicted octanol–water partition coefficient (Wildman–Crippen LogP) is 3.16. The number of nitrogens with one attached hydrogen (secondary N) is 2. The Labute approximate surface area is 174 Å². The van der Waals surface area contributed by atoms with E-state index in [1.165, 1.54) is 11.3 Å². The number of thiazole rings is 1. The van der Waals surface area contributed by atoms with Gasteiger partial charge in [0.1, 0.15) is 5.82 Å². The Kier molecular flexibility index (Phi) is 4.45. The van der Waals surface area contributed by atoms with E-state index in [2.05, 4.69) is 30.6 Å². The maximum absolute atomic E-state index is 12.7. The van der Waals surface area contributed by atoms with Crippen molar-refractivity contribution in [2.24, 2.45) is 0 Å². The van der Waals surface area contributed by atoms with Gasteiger partial charge in [-0.25, -0.2) is 9.97 Å². The number of amides is 1. The van der Waals surface area contributed by atoms with Gasteiger partial charge >= 0.3 is 0 Å². The van der Waals surface area contributed by atoms with Crippen molar-refractivity contribution in [1.82, 2.24) is 29.9 Å². The lowest BCUT2D eigenvalue weighted by Crippen LogP contribution is -2.12. The predicted molar refractivity (Wildman–Crippen MR) is 115 cm³/mol. The van der Waals surface area contributed by atoms with Crippen molar-refractivity contribution in [2.75, 3.05) is 11.1 Å². The number of carbonyl (C=O) groups excluding carboxylic acids is 1. The minimum absolute atomic E-state index is 0.309. The van der Waals surface area contributed by atoms with Crippen LogP contribution in [0.5, 0.6) is 0 Å². The van der Waals surface area contributed by atoms with Crippen LogP contribution in [0.2, 0.25) is 0 Å². The fourth-order valence-corrected chi connectivity index (χ4v) is 3.68. The number of carbonyl (C=O) groups is 1. The normalized spacial score (nSPS) is 11.1. The second-order valence-electron chi connectivity index (χ2n) is 6.66. The third kappa shape index (κ3) is 3.51. The maximum atomic E-state index is 12.7. The first kappa shape index (κ1) is 18.0. The topological polar surface area (TPSA) is 127 Å². The van der Waals surface area contributed by atoms with E-state index >= 15 is 0 Å². The van der Waals surface area contributed by atoms with Crippen molar-refractivity contribution in [3.63, 3.8) is 0 Å². The lowest BCUT2D eigenvalue weighted by Gasteiger charge is -2.03. The molecule has 9 nitrogen and oxygen atoms in total. The Morgan fingerprint density at radius 1 is 1.17 bits per heavy atom. The highest BCUT2D eigenvalue weighted by Crippen LogP contribution is 2.25. The third-order valence-electron chi connectivity index (χ3n) is 4.60. The smallest absolute Gasteiger partial charge is 0.276 e. The number of aromatic nitrogens is 6. The van der Waals surface area contributed by atoms with Gasteiger partial charge in [-0.3, -0.25) is 14.6 Å². The van der Waals surface area contributed by atoms with Crippen LogP contribution in [0.4, 0.5) is 11.5 Å². The summed E-state index contributed by atoms with van der Waals surface area (Å²) in [7, 11) is 0. The van der Waals surface area contributed by atoms with Crippen LogP contribution in [0.1, 0.15) is 16.2 Å². The summed E-state index contributed by atoms with van der Waals surface area (Å²) in [5.41, 5.74) is 11.9. The fourth-order valence-electron chi connectivity index (χ4n) is 3.13. The first-order valence-electron chi connectivity index (χ1n) is 9.06. The van der Waals surface area contributed by atoms with Gasteiger partial charge in [-0.1, -0.05) is 6.07 Å². The molecule has 0 fully saturated rings. The zero-order valence-electron chi connectivity index (χ0n) is 15.6. The molecule has 0 spiro atoms. The van der Waals surface area contributed by atoms with Gasteiger partial charge in [0, 0.05) is 28.7 Å². The average molecular weight is 416 g/mol. The fraction of sp³-hybridized carbons (Fsp3) is 0.0500.